The highest BCUT2D eigenvalue weighted by Crippen LogP contribution is 2.37. The largest absolute Gasteiger partial charge is 0.494 e. The first-order valence-electron chi connectivity index (χ1n) is 16.1. The van der Waals surface area contributed by atoms with Gasteiger partial charge in [-0.15, -0.1) is 0 Å². The predicted octanol–water partition coefficient (Wildman–Crippen LogP) is 6.88. The second-order valence-electron chi connectivity index (χ2n) is 11.8. The van der Waals surface area contributed by atoms with Crippen molar-refractivity contribution in [1.82, 2.24) is 9.13 Å². The Labute approximate surface area is 296 Å². The highest BCUT2D eigenvalue weighted by atomic mass is 35.5. The Morgan fingerprint density at radius 1 is 0.569 bits per heavy atom. The Bertz CT molecular complexity index is 2340. The van der Waals surface area contributed by atoms with Gasteiger partial charge < -0.3 is 5.11 Å². The van der Waals surface area contributed by atoms with Gasteiger partial charge in [-0.05, 0) is 91.1 Å². The van der Waals surface area contributed by atoms with Crippen LogP contribution >= 0.6 is 11.6 Å². The summed E-state index contributed by atoms with van der Waals surface area (Å²) in [6, 6.07) is 32.6. The number of allylic oxidation sites excluding steroid dienone is 4. The van der Waals surface area contributed by atoms with E-state index in [0.717, 1.165) is 18.9 Å². The number of amides is 4. The van der Waals surface area contributed by atoms with Crippen LogP contribution in [0.5, 0.6) is 5.88 Å². The molecule has 0 bridgehead atoms. The van der Waals surface area contributed by atoms with Gasteiger partial charge in [0.1, 0.15) is 11.1 Å². The molecule has 4 aromatic carbocycles. The van der Waals surface area contributed by atoms with Crippen LogP contribution in [0, 0.1) is 0 Å². The number of barbiturate groups is 1. The van der Waals surface area contributed by atoms with Gasteiger partial charge in [0.2, 0.25) is 5.88 Å². The van der Waals surface area contributed by atoms with Gasteiger partial charge in [-0.3, -0.25) is 14.4 Å². The molecular weight excluding hydrogens is 668 g/mol. The molecule has 252 valence electrons. The maximum absolute atomic E-state index is 14.0. The third-order valence-electron chi connectivity index (χ3n) is 8.67. The number of urea groups is 1. The standard InChI is InChI=1S/C40H29ClN4O6/c41-34-26(24-32-35(46)42(28-16-5-1-6-17-28)39(50)43(36(32)47)29-18-7-2-8-19-29)14-13-15-27(34)25-33-37(48)44(30-20-9-3-10-21-30)40(51)45(38(33)49)31-22-11-4-12-23-31/h1-12,16-25,46H,13-15H2. The molecule has 51 heavy (non-hydrogen) atoms. The van der Waals surface area contributed by atoms with Gasteiger partial charge in [-0.2, -0.15) is 0 Å². The number of imide groups is 2. The van der Waals surface area contributed by atoms with Gasteiger partial charge in [0.15, 0.2) is 0 Å². The van der Waals surface area contributed by atoms with Crippen molar-refractivity contribution in [2.24, 2.45) is 0 Å². The van der Waals surface area contributed by atoms with E-state index in [1.54, 1.807) is 121 Å². The number of rotatable bonds is 6. The van der Waals surface area contributed by atoms with Crippen molar-refractivity contribution in [2.45, 2.75) is 19.3 Å². The zero-order chi connectivity index (χ0) is 35.6. The van der Waals surface area contributed by atoms with Crippen LogP contribution in [-0.4, -0.2) is 32.1 Å². The minimum Gasteiger partial charge on any atom is -0.494 e. The molecule has 4 amide bonds. The molecule has 0 radical (unpaired) electrons. The molecule has 2 heterocycles. The predicted molar refractivity (Wildman–Crippen MR) is 195 cm³/mol. The molecule has 10 nitrogen and oxygen atoms in total. The minimum absolute atomic E-state index is 0.172. The average molecular weight is 697 g/mol. The summed E-state index contributed by atoms with van der Waals surface area (Å²) in [5.74, 6) is -2.19. The molecular formula is C40H29ClN4O6. The Balaban J connectivity index is 1.38. The maximum Gasteiger partial charge on any atom is 0.343 e. The summed E-state index contributed by atoms with van der Waals surface area (Å²) < 4.78 is 2.03. The van der Waals surface area contributed by atoms with Crippen molar-refractivity contribution in [3.63, 3.8) is 0 Å². The van der Waals surface area contributed by atoms with Crippen LogP contribution in [0.4, 0.5) is 16.2 Å². The molecule has 2 aliphatic rings. The lowest BCUT2D eigenvalue weighted by atomic mass is 9.91. The van der Waals surface area contributed by atoms with Gasteiger partial charge in [0.25, 0.3) is 17.4 Å². The van der Waals surface area contributed by atoms with Crippen molar-refractivity contribution in [3.05, 3.63) is 176 Å². The minimum atomic E-state index is -0.817. The Kier molecular flexibility index (Phi) is 8.91. The van der Waals surface area contributed by atoms with Gasteiger partial charge in [0, 0.05) is 5.03 Å². The van der Waals surface area contributed by atoms with Crippen LogP contribution in [0.25, 0.3) is 17.5 Å². The maximum atomic E-state index is 14.0. The first-order chi connectivity index (χ1) is 24.8. The smallest absolute Gasteiger partial charge is 0.343 e. The van der Waals surface area contributed by atoms with Crippen molar-refractivity contribution in [2.75, 3.05) is 9.80 Å². The van der Waals surface area contributed by atoms with Gasteiger partial charge >= 0.3 is 11.7 Å². The quantitative estimate of drug-likeness (QED) is 0.153. The number of carbonyl (C=O) groups excluding carboxylic acids is 3. The number of para-hydroxylation sites is 4. The highest BCUT2D eigenvalue weighted by Gasteiger charge is 2.44. The molecule has 1 aliphatic carbocycles. The van der Waals surface area contributed by atoms with E-state index in [2.05, 4.69) is 0 Å². The fourth-order valence-electron chi connectivity index (χ4n) is 6.21. The van der Waals surface area contributed by atoms with E-state index < -0.39 is 35.0 Å². The summed E-state index contributed by atoms with van der Waals surface area (Å²) in [5, 5.41) is 11.7. The molecule has 1 aliphatic heterocycles. The number of hydrogen-bond donors (Lipinski definition) is 1. The van der Waals surface area contributed by atoms with E-state index in [1.807, 2.05) is 0 Å². The topological polar surface area (TPSA) is 122 Å². The molecule has 1 fully saturated rings. The molecule has 7 rings (SSSR count). The Hall–Kier alpha value is -6.52. The molecule has 0 spiro atoms. The molecule has 1 N–H and O–H groups in total. The van der Waals surface area contributed by atoms with Crippen LogP contribution in [0.1, 0.15) is 24.8 Å². The van der Waals surface area contributed by atoms with E-state index >= 15 is 0 Å². The number of carbonyl (C=O) groups is 3. The zero-order valence-corrected chi connectivity index (χ0v) is 27.7. The molecule has 0 saturated carbocycles. The number of nitrogens with zero attached hydrogens (tertiary/aromatic N) is 4. The lowest BCUT2D eigenvalue weighted by molar-refractivity contribution is -0.121. The number of halogens is 1. The van der Waals surface area contributed by atoms with Crippen molar-refractivity contribution < 1.29 is 19.5 Å². The van der Waals surface area contributed by atoms with Crippen LogP contribution in [0.15, 0.2) is 159 Å². The number of aromatic nitrogens is 2. The van der Waals surface area contributed by atoms with Gasteiger partial charge in [0.05, 0.1) is 22.7 Å². The summed E-state index contributed by atoms with van der Waals surface area (Å²) in [4.78, 5) is 71.2. The SMILES string of the molecule is O=C1C(=CC2=C(Cl)C(=Cc3c(O)n(-c4ccccc4)c(=O)n(-c4ccccc4)c3=O)CCC2)C(=O)N(c2ccccc2)C(=O)N1c1ccccc1. The lowest BCUT2D eigenvalue weighted by Gasteiger charge is -2.34. The first kappa shape index (κ1) is 33.0. The molecule has 1 aromatic heterocycles. The van der Waals surface area contributed by atoms with E-state index in [0.29, 0.717) is 41.8 Å². The number of benzene rings is 4. The number of anilines is 2. The van der Waals surface area contributed by atoms with Crippen LogP contribution in [0.2, 0.25) is 0 Å². The summed E-state index contributed by atoms with van der Waals surface area (Å²) >= 11 is 6.99. The van der Waals surface area contributed by atoms with E-state index in [1.165, 1.54) is 12.2 Å². The Morgan fingerprint density at radius 2 is 1.02 bits per heavy atom. The van der Waals surface area contributed by atoms with E-state index in [-0.39, 0.29) is 27.5 Å². The third-order valence-corrected chi connectivity index (χ3v) is 9.15. The van der Waals surface area contributed by atoms with Gasteiger partial charge in [-0.1, -0.05) is 84.4 Å². The normalized spacial score (nSPS) is 15.9. The van der Waals surface area contributed by atoms with Gasteiger partial charge in [-0.25, -0.2) is 28.5 Å². The molecule has 0 atom stereocenters. The van der Waals surface area contributed by atoms with Crippen molar-refractivity contribution in [3.8, 4) is 17.3 Å². The van der Waals surface area contributed by atoms with Crippen LogP contribution in [0.3, 0.4) is 0 Å². The number of aromatic hydroxyl groups is 1. The van der Waals surface area contributed by atoms with Crippen LogP contribution in [-0.2, 0) is 9.59 Å². The fraction of sp³-hybridized carbons (Fsp3) is 0.0750. The monoisotopic (exact) mass is 696 g/mol. The van der Waals surface area contributed by atoms with Crippen LogP contribution < -0.4 is 21.0 Å². The summed E-state index contributed by atoms with van der Waals surface area (Å²) in [5.41, 5.74) is 0.136. The first-order valence-corrected chi connectivity index (χ1v) is 16.5. The Morgan fingerprint density at radius 3 is 1.51 bits per heavy atom. The lowest BCUT2D eigenvalue weighted by Crippen LogP contribution is -2.57. The molecule has 0 unspecified atom stereocenters. The van der Waals surface area contributed by atoms with Crippen molar-refractivity contribution in [1.29, 1.82) is 0 Å². The summed E-state index contributed by atoms with van der Waals surface area (Å²) in [6.07, 6.45) is 4.14. The summed E-state index contributed by atoms with van der Waals surface area (Å²) in [7, 11) is 0. The van der Waals surface area contributed by atoms with E-state index in [4.69, 9.17) is 11.6 Å². The third kappa shape index (κ3) is 6.02. The van der Waals surface area contributed by atoms with Crippen molar-refractivity contribution >= 4 is 46.9 Å². The molecule has 5 aromatic rings. The molecule has 1 saturated heterocycles. The fourth-order valence-corrected chi connectivity index (χ4v) is 6.51. The zero-order valence-electron chi connectivity index (χ0n) is 27.0. The average Bonchev–Trinajstić information content (AvgIpc) is 3.15. The second-order valence-corrected chi connectivity index (χ2v) is 12.2. The molecule has 11 heteroatoms. The second kappa shape index (κ2) is 13.8. The highest BCUT2D eigenvalue weighted by molar-refractivity contribution is 6.45. The summed E-state index contributed by atoms with van der Waals surface area (Å²) in [6.45, 7) is 0. The number of hydrogen-bond acceptors (Lipinski definition) is 6. The van der Waals surface area contributed by atoms with E-state index in [9.17, 15) is 29.1 Å².